The number of anilines is 3. The largest absolute Gasteiger partial charge is 0.310 e. The van der Waals surface area contributed by atoms with Crippen molar-refractivity contribution < 1.29 is 0 Å². The van der Waals surface area contributed by atoms with E-state index in [0.717, 1.165) is 21.3 Å². The van der Waals surface area contributed by atoms with E-state index in [1.165, 1.54) is 16.8 Å². The van der Waals surface area contributed by atoms with Crippen LogP contribution in [0.2, 0.25) is 0 Å². The van der Waals surface area contributed by atoms with E-state index in [1.807, 2.05) is 18.2 Å². The first-order chi connectivity index (χ1) is 11.5. The summed E-state index contributed by atoms with van der Waals surface area (Å²) in [5, 5.41) is 0. The molecule has 3 aromatic rings. The number of benzene rings is 3. The van der Waals surface area contributed by atoms with Crippen LogP contribution in [0, 0.1) is 0 Å². The lowest BCUT2D eigenvalue weighted by atomic mass is 9.71. The Bertz CT molecular complexity index is 918. The normalized spacial score (nSPS) is 14.9. The highest BCUT2D eigenvalue weighted by Crippen LogP contribution is 2.52. The minimum absolute atomic E-state index is 0.134. The van der Waals surface area contributed by atoms with Crippen LogP contribution in [0.1, 0.15) is 25.0 Å². The number of hydrogen-bond donors (Lipinski definition) is 0. The van der Waals surface area contributed by atoms with Crippen LogP contribution in [0.3, 0.4) is 0 Å². The Morgan fingerprint density at radius 3 is 2.33 bits per heavy atom. The zero-order chi connectivity index (χ0) is 16.9. The predicted molar refractivity (Wildman–Crippen MR) is 106 cm³/mol. The quantitative estimate of drug-likeness (QED) is 0.519. The maximum Gasteiger partial charge on any atom is 0.116 e. The van der Waals surface area contributed by atoms with Crippen LogP contribution in [0.25, 0.3) is 0 Å². The fourth-order valence-electron chi connectivity index (χ4n) is 3.73. The molecule has 4 rings (SSSR count). The number of fused-ring (bicyclic) bond motifs is 2. The minimum atomic E-state index is -0.134. The summed E-state index contributed by atoms with van der Waals surface area (Å²) >= 11 is 3.77. The van der Waals surface area contributed by atoms with Gasteiger partial charge in [0.15, 0.2) is 0 Å². The highest BCUT2D eigenvalue weighted by atomic mass is 79.9. The lowest BCUT2D eigenvalue weighted by molar-refractivity contribution is 0.629. The van der Waals surface area contributed by atoms with E-state index in [1.54, 1.807) is 0 Å². The van der Waals surface area contributed by atoms with Gasteiger partial charge in [-0.25, -0.2) is 0 Å². The van der Waals surface area contributed by atoms with Gasteiger partial charge in [0, 0.05) is 26.8 Å². The van der Waals surface area contributed by atoms with Crippen molar-refractivity contribution in [3.8, 4) is 0 Å². The van der Waals surface area contributed by atoms with Crippen LogP contribution in [0.15, 0.2) is 71.2 Å². The maximum absolute atomic E-state index is 6.43. The van der Waals surface area contributed by atoms with Gasteiger partial charge in [0.2, 0.25) is 0 Å². The molecule has 1 nitrogen and oxygen atoms in total. The SMILES string of the molecule is [B]c1cccc2c1N(c1ccccc1)c1cccc(Br)c1C2(C)C. The lowest BCUT2D eigenvalue weighted by Crippen LogP contribution is -2.34. The Balaban J connectivity index is 2.12. The van der Waals surface area contributed by atoms with Gasteiger partial charge in [-0.3, -0.25) is 0 Å². The minimum Gasteiger partial charge on any atom is -0.310 e. The van der Waals surface area contributed by atoms with Crippen LogP contribution < -0.4 is 10.4 Å². The topological polar surface area (TPSA) is 3.24 Å². The molecule has 0 bridgehead atoms. The summed E-state index contributed by atoms with van der Waals surface area (Å²) in [6.07, 6.45) is 0. The van der Waals surface area contributed by atoms with Gasteiger partial charge in [-0.15, -0.1) is 0 Å². The summed E-state index contributed by atoms with van der Waals surface area (Å²) in [5.74, 6) is 0. The molecule has 0 N–H and O–H groups in total. The van der Waals surface area contributed by atoms with E-state index in [4.69, 9.17) is 7.85 Å². The average molecular weight is 374 g/mol. The number of para-hydroxylation sites is 2. The molecule has 0 saturated carbocycles. The molecule has 0 saturated heterocycles. The highest BCUT2D eigenvalue weighted by molar-refractivity contribution is 9.10. The molecular formula is C21H17BBrN. The molecule has 0 amide bonds. The fourth-order valence-corrected chi connectivity index (χ4v) is 4.58. The molecule has 24 heavy (non-hydrogen) atoms. The molecule has 0 aromatic heterocycles. The molecule has 3 heteroatoms. The average Bonchev–Trinajstić information content (AvgIpc) is 2.56. The van der Waals surface area contributed by atoms with Gasteiger partial charge >= 0.3 is 0 Å². The molecule has 1 aliphatic heterocycles. The van der Waals surface area contributed by atoms with E-state index < -0.39 is 0 Å². The Hall–Kier alpha value is -2.00. The second-order valence-corrected chi connectivity index (χ2v) is 7.53. The van der Waals surface area contributed by atoms with Crippen molar-refractivity contribution in [1.29, 1.82) is 0 Å². The molecular weight excluding hydrogens is 357 g/mol. The molecule has 0 unspecified atom stereocenters. The van der Waals surface area contributed by atoms with Crippen molar-refractivity contribution in [3.05, 3.63) is 82.3 Å². The van der Waals surface area contributed by atoms with Gasteiger partial charge in [0.1, 0.15) is 7.85 Å². The Morgan fingerprint density at radius 1 is 0.875 bits per heavy atom. The van der Waals surface area contributed by atoms with E-state index >= 15 is 0 Å². The second kappa shape index (κ2) is 5.53. The number of hydrogen-bond acceptors (Lipinski definition) is 1. The molecule has 0 aliphatic carbocycles. The monoisotopic (exact) mass is 373 g/mol. The number of nitrogens with zero attached hydrogens (tertiary/aromatic N) is 1. The van der Waals surface area contributed by atoms with Crippen LogP contribution >= 0.6 is 15.9 Å². The number of rotatable bonds is 1. The standard InChI is InChI=1S/C21H17BBrN/c1-21(2)15-10-6-11-16(22)20(15)24(14-8-4-3-5-9-14)18-13-7-12-17(23)19(18)21/h3-13H,1-2H3. The summed E-state index contributed by atoms with van der Waals surface area (Å²) in [6, 6.07) is 23.0. The van der Waals surface area contributed by atoms with Gasteiger partial charge in [-0.1, -0.05) is 77.7 Å². The summed E-state index contributed by atoms with van der Waals surface area (Å²) in [7, 11) is 6.43. The van der Waals surface area contributed by atoms with Crippen molar-refractivity contribution in [2.45, 2.75) is 19.3 Å². The Kier molecular flexibility index (Phi) is 3.57. The van der Waals surface area contributed by atoms with E-state index in [9.17, 15) is 0 Å². The van der Waals surface area contributed by atoms with Crippen LogP contribution in [-0.4, -0.2) is 7.85 Å². The van der Waals surface area contributed by atoms with E-state index in [-0.39, 0.29) is 5.41 Å². The first-order valence-electron chi connectivity index (χ1n) is 8.05. The summed E-state index contributed by atoms with van der Waals surface area (Å²) in [4.78, 5) is 2.27. The second-order valence-electron chi connectivity index (χ2n) is 6.67. The molecule has 0 atom stereocenters. The van der Waals surface area contributed by atoms with Crippen LogP contribution in [0.4, 0.5) is 17.1 Å². The zero-order valence-corrected chi connectivity index (χ0v) is 15.3. The summed E-state index contributed by atoms with van der Waals surface area (Å²) < 4.78 is 1.12. The molecule has 1 aliphatic rings. The van der Waals surface area contributed by atoms with Crippen molar-refractivity contribution in [1.82, 2.24) is 0 Å². The predicted octanol–water partition coefficient (Wildman–Crippen LogP) is 5.35. The molecule has 0 spiro atoms. The highest BCUT2D eigenvalue weighted by Gasteiger charge is 2.38. The third-order valence-electron chi connectivity index (χ3n) is 4.84. The lowest BCUT2D eigenvalue weighted by Gasteiger charge is -2.43. The van der Waals surface area contributed by atoms with E-state index in [0.29, 0.717) is 0 Å². The van der Waals surface area contributed by atoms with Gasteiger partial charge < -0.3 is 4.90 Å². The summed E-state index contributed by atoms with van der Waals surface area (Å²) in [6.45, 7) is 4.52. The van der Waals surface area contributed by atoms with Crippen molar-refractivity contribution in [3.63, 3.8) is 0 Å². The van der Waals surface area contributed by atoms with Crippen LogP contribution in [0.5, 0.6) is 0 Å². The zero-order valence-electron chi connectivity index (χ0n) is 13.8. The Morgan fingerprint density at radius 2 is 1.58 bits per heavy atom. The van der Waals surface area contributed by atoms with Gasteiger partial charge in [0.05, 0.1) is 5.69 Å². The smallest absolute Gasteiger partial charge is 0.116 e. The maximum atomic E-state index is 6.43. The van der Waals surface area contributed by atoms with Crippen LogP contribution in [-0.2, 0) is 5.41 Å². The molecule has 0 fully saturated rings. The molecule has 2 radical (unpaired) electrons. The van der Waals surface area contributed by atoms with Crippen molar-refractivity contribution in [2.75, 3.05) is 4.90 Å². The number of halogens is 1. The third kappa shape index (κ3) is 2.15. The molecule has 116 valence electrons. The van der Waals surface area contributed by atoms with Gasteiger partial charge in [-0.2, -0.15) is 0 Å². The molecule has 3 aromatic carbocycles. The molecule has 1 heterocycles. The third-order valence-corrected chi connectivity index (χ3v) is 5.50. The first-order valence-corrected chi connectivity index (χ1v) is 8.84. The Labute approximate surface area is 152 Å². The fraction of sp³-hybridized carbons (Fsp3) is 0.143. The van der Waals surface area contributed by atoms with Crippen molar-refractivity contribution in [2.24, 2.45) is 0 Å². The van der Waals surface area contributed by atoms with E-state index in [2.05, 4.69) is 83.2 Å². The summed E-state index contributed by atoms with van der Waals surface area (Å²) in [5.41, 5.74) is 6.57. The van der Waals surface area contributed by atoms with Gasteiger partial charge in [-0.05, 0) is 29.8 Å². The first kappa shape index (κ1) is 15.5. The van der Waals surface area contributed by atoms with Gasteiger partial charge in [0.25, 0.3) is 0 Å². The van der Waals surface area contributed by atoms with Crippen molar-refractivity contribution >= 4 is 46.3 Å².